The zero-order valence-corrected chi connectivity index (χ0v) is 11.5. The van der Waals surface area contributed by atoms with Crippen molar-refractivity contribution in [2.75, 3.05) is 5.33 Å². The van der Waals surface area contributed by atoms with E-state index in [1.807, 2.05) is 0 Å². The number of allylic oxidation sites excluding steroid dienone is 1. The van der Waals surface area contributed by atoms with E-state index in [2.05, 4.69) is 15.9 Å². The van der Waals surface area contributed by atoms with Crippen LogP contribution in [-0.2, 0) is 4.79 Å². The Morgan fingerprint density at radius 1 is 0.938 bits per heavy atom. The molecule has 0 aromatic heterocycles. The van der Waals surface area contributed by atoms with Crippen LogP contribution >= 0.6 is 15.9 Å². The molecule has 0 amide bonds. The summed E-state index contributed by atoms with van der Waals surface area (Å²) < 4.78 is 0. The van der Waals surface area contributed by atoms with Crippen LogP contribution in [0.5, 0.6) is 0 Å². The lowest BCUT2D eigenvalue weighted by molar-refractivity contribution is -0.131. The van der Waals surface area contributed by atoms with Gasteiger partial charge in [-0.25, -0.2) is 4.79 Å². The molecule has 0 aromatic carbocycles. The maximum Gasteiger partial charge on any atom is 0.327 e. The van der Waals surface area contributed by atoms with Crippen LogP contribution in [0.4, 0.5) is 0 Å². The van der Waals surface area contributed by atoms with E-state index in [9.17, 15) is 4.79 Å². The Labute approximate surface area is 107 Å². The Hall–Kier alpha value is -0.310. The second-order valence-electron chi connectivity index (χ2n) is 4.05. The van der Waals surface area contributed by atoms with Gasteiger partial charge in [-0.15, -0.1) is 0 Å². The van der Waals surface area contributed by atoms with E-state index in [0.717, 1.165) is 18.2 Å². The van der Waals surface area contributed by atoms with Crippen molar-refractivity contribution in [3.05, 3.63) is 12.2 Å². The van der Waals surface area contributed by atoms with Crippen LogP contribution < -0.4 is 0 Å². The van der Waals surface area contributed by atoms with Gasteiger partial charge in [0.1, 0.15) is 0 Å². The SMILES string of the molecule is O=C(O)/C=C/CCCCCCCCCCBr. The number of aliphatic carboxylic acids is 1. The zero-order chi connectivity index (χ0) is 12.1. The molecule has 0 spiro atoms. The first kappa shape index (κ1) is 15.7. The van der Waals surface area contributed by atoms with Crippen LogP contribution in [-0.4, -0.2) is 16.4 Å². The van der Waals surface area contributed by atoms with Gasteiger partial charge in [0.05, 0.1) is 0 Å². The highest BCUT2D eigenvalue weighted by molar-refractivity contribution is 9.09. The fourth-order valence-electron chi connectivity index (χ4n) is 1.60. The molecular weight excluding hydrogens is 268 g/mol. The number of carboxylic acid groups (broad SMARTS) is 1. The van der Waals surface area contributed by atoms with Crippen molar-refractivity contribution >= 4 is 21.9 Å². The number of halogens is 1. The number of hydrogen-bond donors (Lipinski definition) is 1. The summed E-state index contributed by atoms with van der Waals surface area (Å²) in [6, 6.07) is 0. The molecule has 0 heterocycles. The van der Waals surface area contributed by atoms with Crippen molar-refractivity contribution in [3.63, 3.8) is 0 Å². The predicted octanol–water partition coefficient (Wildman–Crippen LogP) is 4.53. The van der Waals surface area contributed by atoms with E-state index in [1.54, 1.807) is 6.08 Å². The Kier molecular flexibility index (Phi) is 12.5. The first-order valence-electron chi connectivity index (χ1n) is 6.23. The van der Waals surface area contributed by atoms with Gasteiger partial charge in [0.2, 0.25) is 0 Å². The van der Waals surface area contributed by atoms with E-state index in [-0.39, 0.29) is 0 Å². The van der Waals surface area contributed by atoms with Gasteiger partial charge in [0.25, 0.3) is 0 Å². The number of hydrogen-bond acceptors (Lipinski definition) is 1. The summed E-state index contributed by atoms with van der Waals surface area (Å²) in [5.74, 6) is -0.841. The molecule has 2 nitrogen and oxygen atoms in total. The zero-order valence-electron chi connectivity index (χ0n) is 9.96. The summed E-state index contributed by atoms with van der Waals surface area (Å²) >= 11 is 3.43. The summed E-state index contributed by atoms with van der Waals surface area (Å²) in [7, 11) is 0. The highest BCUT2D eigenvalue weighted by atomic mass is 79.9. The third kappa shape index (κ3) is 13.7. The topological polar surface area (TPSA) is 37.3 Å². The molecule has 16 heavy (non-hydrogen) atoms. The highest BCUT2D eigenvalue weighted by Crippen LogP contribution is 2.10. The van der Waals surface area contributed by atoms with E-state index < -0.39 is 5.97 Å². The molecule has 1 N–H and O–H groups in total. The molecule has 0 aliphatic carbocycles. The van der Waals surface area contributed by atoms with Gasteiger partial charge in [0, 0.05) is 11.4 Å². The molecule has 3 heteroatoms. The number of rotatable bonds is 11. The molecule has 0 bridgehead atoms. The summed E-state index contributed by atoms with van der Waals surface area (Å²) in [6.45, 7) is 0. The van der Waals surface area contributed by atoms with Gasteiger partial charge in [0.15, 0.2) is 0 Å². The molecular formula is C13H23BrO2. The first-order chi connectivity index (χ1) is 7.77. The molecule has 0 saturated heterocycles. The Morgan fingerprint density at radius 2 is 1.44 bits per heavy atom. The van der Waals surface area contributed by atoms with Gasteiger partial charge < -0.3 is 5.11 Å². The quantitative estimate of drug-likeness (QED) is 0.345. The van der Waals surface area contributed by atoms with E-state index in [4.69, 9.17) is 5.11 Å². The Bertz CT molecular complexity index is 190. The minimum Gasteiger partial charge on any atom is -0.478 e. The van der Waals surface area contributed by atoms with Crippen LogP contribution in [0, 0.1) is 0 Å². The monoisotopic (exact) mass is 290 g/mol. The summed E-state index contributed by atoms with van der Waals surface area (Å²) in [4.78, 5) is 10.2. The Balaban J connectivity index is 3.01. The molecule has 0 aliphatic rings. The molecule has 0 saturated carbocycles. The van der Waals surface area contributed by atoms with E-state index >= 15 is 0 Å². The predicted molar refractivity (Wildman–Crippen MR) is 72.1 cm³/mol. The molecule has 0 radical (unpaired) electrons. The second-order valence-corrected chi connectivity index (χ2v) is 4.84. The third-order valence-electron chi connectivity index (χ3n) is 2.51. The fourth-order valence-corrected chi connectivity index (χ4v) is 2.00. The van der Waals surface area contributed by atoms with Crippen LogP contribution in [0.2, 0.25) is 0 Å². The number of alkyl halides is 1. The summed E-state index contributed by atoms with van der Waals surface area (Å²) in [5, 5.41) is 9.49. The van der Waals surface area contributed by atoms with Crippen molar-refractivity contribution in [1.82, 2.24) is 0 Å². The van der Waals surface area contributed by atoms with Gasteiger partial charge in [-0.3, -0.25) is 0 Å². The van der Waals surface area contributed by atoms with E-state index in [0.29, 0.717) is 0 Å². The van der Waals surface area contributed by atoms with Gasteiger partial charge >= 0.3 is 5.97 Å². The normalized spacial score (nSPS) is 11.1. The average Bonchev–Trinajstić information content (AvgIpc) is 2.25. The maximum absolute atomic E-state index is 10.2. The van der Waals surface area contributed by atoms with Crippen molar-refractivity contribution in [2.45, 2.75) is 57.8 Å². The minimum atomic E-state index is -0.841. The molecule has 94 valence electrons. The summed E-state index contributed by atoms with van der Waals surface area (Å²) in [6.07, 6.45) is 14.2. The molecule has 0 rings (SSSR count). The van der Waals surface area contributed by atoms with Crippen LogP contribution in [0.1, 0.15) is 57.8 Å². The lowest BCUT2D eigenvalue weighted by Crippen LogP contribution is -1.85. The first-order valence-corrected chi connectivity index (χ1v) is 7.35. The average molecular weight is 291 g/mol. The molecule has 0 aromatic rings. The second kappa shape index (κ2) is 12.8. The largest absolute Gasteiger partial charge is 0.478 e. The lowest BCUT2D eigenvalue weighted by Gasteiger charge is -2.00. The molecule has 0 aliphatic heterocycles. The molecule has 0 fully saturated rings. The molecule has 0 unspecified atom stereocenters. The highest BCUT2D eigenvalue weighted by Gasteiger charge is 1.91. The standard InChI is InChI=1S/C13H23BrO2/c14-12-10-8-6-4-2-1-3-5-7-9-11-13(15)16/h9,11H,1-8,10,12H2,(H,15,16)/b11-9+. The van der Waals surface area contributed by atoms with Crippen molar-refractivity contribution in [3.8, 4) is 0 Å². The van der Waals surface area contributed by atoms with Crippen LogP contribution in [0.15, 0.2) is 12.2 Å². The number of unbranched alkanes of at least 4 members (excludes halogenated alkanes) is 8. The fraction of sp³-hybridized carbons (Fsp3) is 0.769. The van der Waals surface area contributed by atoms with Crippen molar-refractivity contribution in [2.24, 2.45) is 0 Å². The lowest BCUT2D eigenvalue weighted by atomic mass is 10.1. The van der Waals surface area contributed by atoms with Crippen molar-refractivity contribution in [1.29, 1.82) is 0 Å². The van der Waals surface area contributed by atoms with Crippen molar-refractivity contribution < 1.29 is 9.90 Å². The Morgan fingerprint density at radius 3 is 1.94 bits per heavy atom. The van der Waals surface area contributed by atoms with E-state index in [1.165, 1.54) is 51.0 Å². The van der Waals surface area contributed by atoms with Gasteiger partial charge in [-0.1, -0.05) is 60.5 Å². The maximum atomic E-state index is 10.2. The van der Waals surface area contributed by atoms with Crippen LogP contribution in [0.3, 0.4) is 0 Å². The smallest absolute Gasteiger partial charge is 0.327 e. The summed E-state index contributed by atoms with van der Waals surface area (Å²) in [5.41, 5.74) is 0. The van der Waals surface area contributed by atoms with Gasteiger partial charge in [-0.05, 0) is 19.3 Å². The minimum absolute atomic E-state index is 0.841. The van der Waals surface area contributed by atoms with Gasteiger partial charge in [-0.2, -0.15) is 0 Å². The number of carbonyl (C=O) groups is 1. The van der Waals surface area contributed by atoms with Crippen LogP contribution in [0.25, 0.3) is 0 Å². The third-order valence-corrected chi connectivity index (χ3v) is 3.08. The molecule has 0 atom stereocenters. The number of carboxylic acids is 1.